The molecule has 6 heteroatoms. The summed E-state index contributed by atoms with van der Waals surface area (Å²) in [6, 6.07) is 0.253. The summed E-state index contributed by atoms with van der Waals surface area (Å²) >= 11 is 0. The van der Waals surface area contributed by atoms with Crippen LogP contribution in [-0.2, 0) is 20.7 Å². The van der Waals surface area contributed by atoms with Gasteiger partial charge in [0.25, 0.3) is 0 Å². The minimum atomic E-state index is -0.0114. The third kappa shape index (κ3) is 3.40. The number of nitrogens with zero attached hydrogens (tertiary/aromatic N) is 3. The van der Waals surface area contributed by atoms with Crippen molar-refractivity contribution in [3.05, 3.63) is 35.9 Å². The van der Waals surface area contributed by atoms with Crippen LogP contribution in [0.1, 0.15) is 37.8 Å². The van der Waals surface area contributed by atoms with E-state index in [0.717, 1.165) is 57.7 Å². The zero-order valence-electron chi connectivity index (χ0n) is 15.2. The van der Waals surface area contributed by atoms with E-state index in [4.69, 9.17) is 9.47 Å². The Balaban J connectivity index is 1.51. The molecule has 6 nitrogen and oxygen atoms in total. The van der Waals surface area contributed by atoms with Gasteiger partial charge in [-0.3, -0.25) is 14.8 Å². The third-order valence-electron chi connectivity index (χ3n) is 6.07. The van der Waals surface area contributed by atoms with Crippen LogP contribution in [0.3, 0.4) is 0 Å². The maximum atomic E-state index is 13.0. The zero-order chi connectivity index (χ0) is 17.8. The number of aryl methyl sites for hydroxylation is 1. The fourth-order valence-electron chi connectivity index (χ4n) is 4.82. The molecule has 26 heavy (non-hydrogen) atoms. The number of amides is 1. The first-order valence-corrected chi connectivity index (χ1v) is 9.69. The molecule has 0 N–H and O–H groups in total. The number of piperidine rings is 1. The molecule has 0 aliphatic carbocycles. The van der Waals surface area contributed by atoms with Crippen molar-refractivity contribution in [2.45, 2.75) is 44.6 Å². The number of fused-ring (bicyclic) bond motifs is 1. The minimum Gasteiger partial charge on any atom is -0.380 e. The van der Waals surface area contributed by atoms with Gasteiger partial charge in [0.2, 0.25) is 5.91 Å². The van der Waals surface area contributed by atoms with Gasteiger partial charge in [0.05, 0.1) is 25.5 Å². The molecule has 4 heterocycles. The van der Waals surface area contributed by atoms with Crippen molar-refractivity contribution in [1.29, 1.82) is 0 Å². The van der Waals surface area contributed by atoms with Crippen molar-refractivity contribution < 1.29 is 14.3 Å². The van der Waals surface area contributed by atoms with Gasteiger partial charge in [-0.15, -0.1) is 0 Å². The molecule has 0 spiro atoms. The molecule has 0 saturated carbocycles. The molecule has 1 aromatic heterocycles. The molecule has 140 valence electrons. The molecule has 0 aromatic carbocycles. The number of ether oxygens (including phenoxy) is 2. The highest BCUT2D eigenvalue weighted by atomic mass is 16.5. The summed E-state index contributed by atoms with van der Waals surface area (Å²) in [4.78, 5) is 23.6. The van der Waals surface area contributed by atoms with Crippen molar-refractivity contribution in [3.8, 4) is 0 Å². The first-order valence-electron chi connectivity index (χ1n) is 9.69. The van der Waals surface area contributed by atoms with Crippen molar-refractivity contribution in [3.63, 3.8) is 0 Å². The molecule has 4 rings (SSSR count). The van der Waals surface area contributed by atoms with Crippen LogP contribution in [0.5, 0.6) is 0 Å². The van der Waals surface area contributed by atoms with Gasteiger partial charge >= 0.3 is 0 Å². The van der Waals surface area contributed by atoms with E-state index in [-0.39, 0.29) is 17.4 Å². The van der Waals surface area contributed by atoms with Gasteiger partial charge in [-0.25, -0.2) is 0 Å². The summed E-state index contributed by atoms with van der Waals surface area (Å²) in [5.74, 6) is 0.235. The fourth-order valence-corrected chi connectivity index (χ4v) is 4.82. The van der Waals surface area contributed by atoms with E-state index in [2.05, 4.69) is 20.9 Å². The normalized spacial score (nSPS) is 29.0. The maximum absolute atomic E-state index is 13.0. The van der Waals surface area contributed by atoms with Crippen LogP contribution in [0.15, 0.2) is 30.2 Å². The molecule has 3 aliphatic rings. The third-order valence-corrected chi connectivity index (χ3v) is 6.07. The van der Waals surface area contributed by atoms with Gasteiger partial charge in [-0.05, 0) is 32.1 Å². The predicted molar refractivity (Wildman–Crippen MR) is 96.5 cm³/mol. The summed E-state index contributed by atoms with van der Waals surface area (Å²) in [7, 11) is 0. The summed E-state index contributed by atoms with van der Waals surface area (Å²) in [6.07, 6.45) is 12.5. The van der Waals surface area contributed by atoms with Crippen LogP contribution in [0, 0.1) is 5.41 Å². The Kier molecular flexibility index (Phi) is 5.31. The first kappa shape index (κ1) is 17.6. The monoisotopic (exact) mass is 357 g/mol. The standard InChI is InChI=1S/C20H27N3O3/c24-19(3-2-17-14-21-8-9-22-17)23-10-1-7-20(15-26-13-6-18(20)23)16-4-11-25-12-5-16/h4,8-9,14,18H,1-3,5-7,10-13,15H2/t18?,20-/m0/s1. The number of carbonyl (C=O) groups is 1. The molecule has 2 atom stereocenters. The number of carbonyl (C=O) groups excluding carboxylic acids is 1. The Morgan fingerprint density at radius 3 is 3.08 bits per heavy atom. The molecule has 1 amide bonds. The smallest absolute Gasteiger partial charge is 0.223 e. The Morgan fingerprint density at radius 2 is 2.27 bits per heavy atom. The van der Waals surface area contributed by atoms with Crippen LogP contribution in [0.2, 0.25) is 0 Å². The molecule has 0 bridgehead atoms. The molecule has 2 fully saturated rings. The number of rotatable bonds is 4. The van der Waals surface area contributed by atoms with Crippen molar-refractivity contribution in [2.24, 2.45) is 5.41 Å². The highest BCUT2D eigenvalue weighted by Gasteiger charge is 2.50. The fraction of sp³-hybridized carbons (Fsp3) is 0.650. The minimum absolute atomic E-state index is 0.0114. The predicted octanol–water partition coefficient (Wildman–Crippen LogP) is 2.15. The Labute approximate surface area is 154 Å². The highest BCUT2D eigenvalue weighted by Crippen LogP contribution is 2.47. The lowest BCUT2D eigenvalue weighted by atomic mass is 9.65. The second-order valence-corrected chi connectivity index (χ2v) is 7.45. The lowest BCUT2D eigenvalue weighted by Gasteiger charge is -2.54. The molecule has 1 unspecified atom stereocenters. The molecule has 3 aliphatic heterocycles. The van der Waals surface area contributed by atoms with E-state index in [0.29, 0.717) is 19.4 Å². The topological polar surface area (TPSA) is 64.6 Å². The number of likely N-dealkylation sites (tertiary alicyclic amines) is 1. The summed E-state index contributed by atoms with van der Waals surface area (Å²) < 4.78 is 11.4. The van der Waals surface area contributed by atoms with Crippen LogP contribution in [-0.4, -0.2) is 59.8 Å². The van der Waals surface area contributed by atoms with Crippen LogP contribution in [0.25, 0.3) is 0 Å². The second kappa shape index (κ2) is 7.84. The largest absolute Gasteiger partial charge is 0.380 e. The van der Waals surface area contributed by atoms with E-state index >= 15 is 0 Å². The molecule has 1 aromatic rings. The number of aromatic nitrogens is 2. The van der Waals surface area contributed by atoms with Crippen molar-refractivity contribution >= 4 is 5.91 Å². The van der Waals surface area contributed by atoms with Gasteiger partial charge in [-0.2, -0.15) is 0 Å². The first-order chi connectivity index (χ1) is 12.8. The second-order valence-electron chi connectivity index (χ2n) is 7.45. The average Bonchev–Trinajstić information content (AvgIpc) is 2.73. The van der Waals surface area contributed by atoms with E-state index in [1.807, 2.05) is 0 Å². The van der Waals surface area contributed by atoms with E-state index in [9.17, 15) is 4.79 Å². The lowest BCUT2D eigenvalue weighted by molar-refractivity contribution is -0.147. The van der Waals surface area contributed by atoms with Gasteiger partial charge < -0.3 is 14.4 Å². The summed E-state index contributed by atoms with van der Waals surface area (Å²) in [6.45, 7) is 3.79. The highest BCUT2D eigenvalue weighted by molar-refractivity contribution is 5.77. The summed E-state index contributed by atoms with van der Waals surface area (Å²) in [5, 5.41) is 0. The van der Waals surface area contributed by atoms with Crippen molar-refractivity contribution in [1.82, 2.24) is 14.9 Å². The van der Waals surface area contributed by atoms with Gasteiger partial charge in [0, 0.05) is 49.6 Å². The number of hydrogen-bond acceptors (Lipinski definition) is 5. The Bertz CT molecular complexity index is 660. The average molecular weight is 357 g/mol. The van der Waals surface area contributed by atoms with Gasteiger partial charge in [-0.1, -0.05) is 11.6 Å². The van der Waals surface area contributed by atoms with Crippen molar-refractivity contribution in [2.75, 3.05) is 33.0 Å². The molecule has 0 radical (unpaired) electrons. The quantitative estimate of drug-likeness (QED) is 0.773. The van der Waals surface area contributed by atoms with Gasteiger partial charge in [0.15, 0.2) is 0 Å². The molecular weight excluding hydrogens is 330 g/mol. The van der Waals surface area contributed by atoms with Crippen LogP contribution < -0.4 is 0 Å². The van der Waals surface area contributed by atoms with E-state index in [1.54, 1.807) is 18.6 Å². The lowest BCUT2D eigenvalue weighted by Crippen LogP contribution is -2.59. The van der Waals surface area contributed by atoms with Crippen LogP contribution in [0.4, 0.5) is 0 Å². The maximum Gasteiger partial charge on any atom is 0.223 e. The van der Waals surface area contributed by atoms with E-state index < -0.39 is 0 Å². The number of hydrogen-bond donors (Lipinski definition) is 0. The summed E-state index contributed by atoms with van der Waals surface area (Å²) in [5.41, 5.74) is 2.31. The Hall–Kier alpha value is -1.79. The Morgan fingerprint density at radius 1 is 1.31 bits per heavy atom. The zero-order valence-corrected chi connectivity index (χ0v) is 15.2. The molecule has 2 saturated heterocycles. The van der Waals surface area contributed by atoms with E-state index in [1.165, 1.54) is 5.57 Å². The molecular formula is C20H27N3O3. The van der Waals surface area contributed by atoms with Crippen LogP contribution >= 0.6 is 0 Å². The SMILES string of the molecule is O=C(CCc1cnccn1)N1CCC[C@@]2(C3=CCOCC3)COCCC12. The van der Waals surface area contributed by atoms with Gasteiger partial charge in [0.1, 0.15) is 0 Å².